The summed E-state index contributed by atoms with van der Waals surface area (Å²) in [5.41, 5.74) is 0.790. The molecule has 1 heterocycles. The topological polar surface area (TPSA) is 83.1 Å². The van der Waals surface area contributed by atoms with Crippen LogP contribution in [0.3, 0.4) is 0 Å². The van der Waals surface area contributed by atoms with Crippen LogP contribution in [0.4, 0.5) is 5.69 Å². The molecule has 1 atom stereocenters. The van der Waals surface area contributed by atoms with Crippen molar-refractivity contribution in [2.45, 2.75) is 17.9 Å². The van der Waals surface area contributed by atoms with Gasteiger partial charge in [-0.25, -0.2) is 4.79 Å². The van der Waals surface area contributed by atoms with Crippen LogP contribution in [0, 0.1) is 0 Å². The molecule has 0 saturated carbocycles. The predicted molar refractivity (Wildman–Crippen MR) is 106 cm³/mol. The molecule has 0 fully saturated rings. The van der Waals surface area contributed by atoms with Crippen LogP contribution in [-0.4, -0.2) is 44.6 Å². The number of thioether (sulfide) groups is 1. The van der Waals surface area contributed by atoms with Gasteiger partial charge in [0.15, 0.2) is 17.6 Å². The van der Waals surface area contributed by atoms with E-state index in [0.29, 0.717) is 36.1 Å². The lowest BCUT2D eigenvalue weighted by Gasteiger charge is -2.19. The molecule has 1 aliphatic heterocycles. The van der Waals surface area contributed by atoms with Crippen LogP contribution in [0.15, 0.2) is 41.3 Å². The minimum atomic E-state index is -0.995. The number of methoxy groups -OCH3 is 1. The van der Waals surface area contributed by atoms with Gasteiger partial charge in [0.1, 0.15) is 24.5 Å². The van der Waals surface area contributed by atoms with Gasteiger partial charge < -0.3 is 24.3 Å². The van der Waals surface area contributed by atoms with E-state index in [9.17, 15) is 9.59 Å². The summed E-state index contributed by atoms with van der Waals surface area (Å²) < 4.78 is 21.5. The lowest BCUT2D eigenvalue weighted by molar-refractivity contribution is -0.123. The fourth-order valence-electron chi connectivity index (χ4n) is 2.61. The fraction of sp³-hybridized carbons (Fsp3) is 0.300. The Morgan fingerprint density at radius 1 is 1.11 bits per heavy atom. The summed E-state index contributed by atoms with van der Waals surface area (Å²) in [6.45, 7) is 2.46. The monoisotopic (exact) mass is 403 g/mol. The summed E-state index contributed by atoms with van der Waals surface area (Å²) in [5.74, 6) is 0.507. The predicted octanol–water partition coefficient (Wildman–Crippen LogP) is 3.37. The minimum Gasteiger partial charge on any atom is -0.496 e. The number of ether oxygens (including phenoxy) is 4. The Hall–Kier alpha value is -2.87. The van der Waals surface area contributed by atoms with Gasteiger partial charge in [0.2, 0.25) is 0 Å². The number of amides is 1. The van der Waals surface area contributed by atoms with Crippen LogP contribution in [0.25, 0.3) is 0 Å². The highest BCUT2D eigenvalue weighted by Gasteiger charge is 2.22. The molecule has 2 aromatic carbocycles. The van der Waals surface area contributed by atoms with Crippen molar-refractivity contribution in [2.24, 2.45) is 0 Å². The number of rotatable bonds is 6. The number of esters is 1. The summed E-state index contributed by atoms with van der Waals surface area (Å²) >= 11 is 1.53. The molecule has 0 unspecified atom stereocenters. The molecule has 2 aromatic rings. The van der Waals surface area contributed by atoms with E-state index in [4.69, 9.17) is 18.9 Å². The highest BCUT2D eigenvalue weighted by Crippen LogP contribution is 2.32. The summed E-state index contributed by atoms with van der Waals surface area (Å²) in [7, 11) is 1.48. The molecule has 0 aromatic heterocycles. The molecule has 1 N–H and O–H groups in total. The van der Waals surface area contributed by atoms with Gasteiger partial charge in [0, 0.05) is 16.6 Å². The zero-order valence-corrected chi connectivity index (χ0v) is 16.6. The molecule has 3 rings (SSSR count). The van der Waals surface area contributed by atoms with Gasteiger partial charge in [0.05, 0.1) is 7.11 Å². The van der Waals surface area contributed by atoms with Crippen molar-refractivity contribution in [3.63, 3.8) is 0 Å². The molecular weight excluding hydrogens is 382 g/mol. The minimum absolute atomic E-state index is 0.263. The summed E-state index contributed by atoms with van der Waals surface area (Å²) in [6, 6.07) is 10.3. The lowest BCUT2D eigenvalue weighted by atomic mass is 10.2. The van der Waals surface area contributed by atoms with Crippen molar-refractivity contribution < 1.29 is 28.5 Å². The number of nitrogens with one attached hydrogen (secondary N) is 1. The van der Waals surface area contributed by atoms with Crippen LogP contribution in [0.5, 0.6) is 17.2 Å². The van der Waals surface area contributed by atoms with Crippen LogP contribution < -0.4 is 19.5 Å². The van der Waals surface area contributed by atoms with Crippen LogP contribution in [0.2, 0.25) is 0 Å². The number of anilines is 1. The second-order valence-corrected chi connectivity index (χ2v) is 6.84. The van der Waals surface area contributed by atoms with E-state index in [0.717, 1.165) is 4.90 Å². The van der Waals surface area contributed by atoms with E-state index in [1.165, 1.54) is 25.8 Å². The van der Waals surface area contributed by atoms with Gasteiger partial charge in [0.25, 0.3) is 5.91 Å². The largest absolute Gasteiger partial charge is 0.496 e. The standard InChI is InChI=1S/C20H21NO6S/c1-12(27-20(23)15-6-5-14(28-3)11-17(15)24-2)19(22)21-13-4-7-16-18(10-13)26-9-8-25-16/h4-7,10-12H,8-9H2,1-3H3,(H,21,22)/t12-/m1/s1. The maximum absolute atomic E-state index is 12.5. The smallest absolute Gasteiger partial charge is 0.342 e. The number of hydrogen-bond acceptors (Lipinski definition) is 7. The summed E-state index contributed by atoms with van der Waals surface area (Å²) in [4.78, 5) is 25.8. The molecule has 7 nitrogen and oxygen atoms in total. The molecule has 0 aliphatic carbocycles. The first-order valence-electron chi connectivity index (χ1n) is 8.65. The highest BCUT2D eigenvalue weighted by atomic mass is 32.2. The van der Waals surface area contributed by atoms with E-state index in [1.807, 2.05) is 6.26 Å². The van der Waals surface area contributed by atoms with E-state index in [2.05, 4.69) is 5.32 Å². The number of carbonyl (C=O) groups is 2. The molecule has 0 bridgehead atoms. The lowest BCUT2D eigenvalue weighted by Crippen LogP contribution is -2.30. The molecule has 1 amide bonds. The Morgan fingerprint density at radius 2 is 1.86 bits per heavy atom. The third-order valence-electron chi connectivity index (χ3n) is 4.09. The van der Waals surface area contributed by atoms with Crippen molar-refractivity contribution in [3.8, 4) is 17.2 Å². The van der Waals surface area contributed by atoms with Gasteiger partial charge in [-0.05, 0) is 43.5 Å². The first kappa shape index (κ1) is 19.9. The van der Waals surface area contributed by atoms with E-state index in [-0.39, 0.29) is 5.56 Å². The van der Waals surface area contributed by atoms with Crippen LogP contribution in [0.1, 0.15) is 17.3 Å². The second kappa shape index (κ2) is 8.88. The summed E-state index contributed by atoms with van der Waals surface area (Å²) in [5, 5.41) is 2.71. The molecule has 0 radical (unpaired) electrons. The van der Waals surface area contributed by atoms with Gasteiger partial charge in [-0.15, -0.1) is 11.8 Å². The van der Waals surface area contributed by atoms with Crippen molar-refractivity contribution >= 4 is 29.3 Å². The average Bonchev–Trinajstić information content (AvgIpc) is 2.72. The first-order chi connectivity index (χ1) is 13.5. The van der Waals surface area contributed by atoms with E-state index < -0.39 is 18.0 Å². The summed E-state index contributed by atoms with van der Waals surface area (Å²) in [6.07, 6.45) is 0.933. The molecule has 0 saturated heterocycles. The van der Waals surface area contributed by atoms with Crippen LogP contribution >= 0.6 is 11.8 Å². The van der Waals surface area contributed by atoms with Gasteiger partial charge in [-0.3, -0.25) is 4.79 Å². The van der Waals surface area contributed by atoms with Crippen molar-refractivity contribution in [3.05, 3.63) is 42.0 Å². The number of carbonyl (C=O) groups excluding carboxylic acids is 2. The van der Waals surface area contributed by atoms with Gasteiger partial charge >= 0.3 is 5.97 Å². The Morgan fingerprint density at radius 3 is 2.57 bits per heavy atom. The third-order valence-corrected chi connectivity index (χ3v) is 4.82. The van der Waals surface area contributed by atoms with Crippen molar-refractivity contribution in [1.82, 2.24) is 0 Å². The Bertz CT molecular complexity index is 885. The van der Waals surface area contributed by atoms with E-state index in [1.54, 1.807) is 36.4 Å². The van der Waals surface area contributed by atoms with Crippen LogP contribution in [-0.2, 0) is 9.53 Å². The van der Waals surface area contributed by atoms with Gasteiger partial charge in [-0.1, -0.05) is 0 Å². The SMILES string of the molecule is COc1cc(SC)ccc1C(=O)O[C@H](C)C(=O)Nc1ccc2c(c1)OCCO2. The molecule has 8 heteroatoms. The number of benzene rings is 2. The number of fused-ring (bicyclic) bond motifs is 1. The molecule has 28 heavy (non-hydrogen) atoms. The van der Waals surface area contributed by atoms with Gasteiger partial charge in [-0.2, -0.15) is 0 Å². The maximum atomic E-state index is 12.5. The molecule has 1 aliphatic rings. The number of hydrogen-bond donors (Lipinski definition) is 1. The highest BCUT2D eigenvalue weighted by molar-refractivity contribution is 7.98. The maximum Gasteiger partial charge on any atom is 0.342 e. The quantitative estimate of drug-likeness (QED) is 0.585. The van der Waals surface area contributed by atoms with Crippen molar-refractivity contribution in [2.75, 3.05) is 31.9 Å². The third kappa shape index (κ3) is 4.51. The first-order valence-corrected chi connectivity index (χ1v) is 9.88. The normalized spacial score (nSPS) is 13.4. The zero-order valence-electron chi connectivity index (χ0n) is 15.8. The van der Waals surface area contributed by atoms with E-state index >= 15 is 0 Å². The Kier molecular flexibility index (Phi) is 6.30. The van der Waals surface area contributed by atoms with Crippen molar-refractivity contribution in [1.29, 1.82) is 0 Å². The Balaban J connectivity index is 1.65. The molecule has 0 spiro atoms. The fourth-order valence-corrected chi connectivity index (χ4v) is 3.04. The molecule has 148 valence electrons. The second-order valence-electron chi connectivity index (χ2n) is 5.96. The molecular formula is C20H21NO6S. The zero-order chi connectivity index (χ0) is 20.1. The average molecular weight is 403 g/mol. The Labute approximate surface area is 167 Å².